The Bertz CT molecular complexity index is 847. The second-order valence-corrected chi connectivity index (χ2v) is 8.16. The molecule has 0 spiro atoms. The summed E-state index contributed by atoms with van der Waals surface area (Å²) in [5, 5.41) is 6.12. The number of carbonyl (C=O) groups is 4. The van der Waals surface area contributed by atoms with Crippen molar-refractivity contribution in [2.75, 3.05) is 6.54 Å². The summed E-state index contributed by atoms with van der Waals surface area (Å²) in [5.41, 5.74) is 1.13. The zero-order valence-electron chi connectivity index (χ0n) is 17.7. The summed E-state index contributed by atoms with van der Waals surface area (Å²) in [6, 6.07) is 0.0899. The van der Waals surface area contributed by atoms with Gasteiger partial charge in [0.05, 0.1) is 12.0 Å². The summed E-state index contributed by atoms with van der Waals surface area (Å²) in [7, 11) is 0. The lowest BCUT2D eigenvalue weighted by molar-refractivity contribution is -0.128. The number of allylic oxidation sites excluding steroid dienone is 7. The smallest absolute Gasteiger partial charge is 0.220 e. The number of hydrogen-bond acceptors (Lipinski definition) is 5. The van der Waals surface area contributed by atoms with Gasteiger partial charge in [-0.25, -0.2) is 0 Å². The summed E-state index contributed by atoms with van der Waals surface area (Å²) in [6.07, 6.45) is 20.5. The number of amides is 1. The quantitative estimate of drug-likeness (QED) is 0.440. The molecule has 1 fully saturated rings. The fraction of sp³-hybridized carbons (Fsp3) is 0.440. The molecule has 0 aromatic rings. The Morgan fingerprint density at radius 1 is 1.00 bits per heavy atom. The van der Waals surface area contributed by atoms with E-state index in [1.807, 2.05) is 42.7 Å². The van der Waals surface area contributed by atoms with Crippen LogP contribution in [0.4, 0.5) is 0 Å². The highest BCUT2D eigenvalue weighted by molar-refractivity contribution is 6.08. The van der Waals surface area contributed by atoms with Crippen LogP contribution in [-0.4, -0.2) is 35.8 Å². The van der Waals surface area contributed by atoms with Crippen molar-refractivity contribution in [2.24, 2.45) is 11.8 Å². The van der Waals surface area contributed by atoms with Crippen LogP contribution in [0.3, 0.4) is 0 Å². The summed E-state index contributed by atoms with van der Waals surface area (Å²) in [6.45, 7) is 0.417. The molecule has 2 unspecified atom stereocenters. The monoisotopic (exact) mass is 422 g/mol. The van der Waals surface area contributed by atoms with Gasteiger partial charge in [0.25, 0.3) is 0 Å². The Balaban J connectivity index is 1.36. The average Bonchev–Trinajstić information content (AvgIpc) is 3.07. The molecule has 3 aliphatic rings. The molecule has 0 bridgehead atoms. The van der Waals surface area contributed by atoms with E-state index in [1.54, 1.807) is 0 Å². The molecule has 2 aliphatic carbocycles. The first-order valence-corrected chi connectivity index (χ1v) is 11.0. The van der Waals surface area contributed by atoms with Crippen molar-refractivity contribution >= 4 is 23.3 Å². The fourth-order valence-corrected chi connectivity index (χ4v) is 4.11. The molecule has 0 saturated heterocycles. The molecule has 164 valence electrons. The molecule has 3 rings (SSSR count). The minimum atomic E-state index is -0.596. The maximum atomic E-state index is 12.6. The van der Waals surface area contributed by atoms with Gasteiger partial charge in [0.15, 0.2) is 0 Å². The van der Waals surface area contributed by atoms with Crippen molar-refractivity contribution in [1.29, 1.82) is 0 Å². The summed E-state index contributed by atoms with van der Waals surface area (Å²) in [5.74, 6) is -0.830. The van der Waals surface area contributed by atoms with Gasteiger partial charge in [-0.05, 0) is 31.0 Å². The van der Waals surface area contributed by atoms with Crippen LogP contribution < -0.4 is 10.6 Å². The Morgan fingerprint density at radius 3 is 2.55 bits per heavy atom. The lowest BCUT2D eigenvalue weighted by atomic mass is 9.87. The van der Waals surface area contributed by atoms with E-state index in [4.69, 9.17) is 0 Å². The molecule has 1 heterocycles. The highest BCUT2D eigenvalue weighted by Crippen LogP contribution is 2.23. The molecule has 2 atom stereocenters. The lowest BCUT2D eigenvalue weighted by Crippen LogP contribution is -2.34. The highest BCUT2D eigenvalue weighted by atomic mass is 16.2. The van der Waals surface area contributed by atoms with E-state index in [2.05, 4.69) is 22.8 Å². The normalized spacial score (nSPS) is 23.3. The first-order chi connectivity index (χ1) is 15.0. The van der Waals surface area contributed by atoms with E-state index in [1.165, 1.54) is 0 Å². The van der Waals surface area contributed by atoms with Gasteiger partial charge >= 0.3 is 0 Å². The Hall–Kier alpha value is -3.02. The molecule has 6 nitrogen and oxygen atoms in total. The van der Waals surface area contributed by atoms with Gasteiger partial charge in [-0.3, -0.25) is 19.2 Å². The van der Waals surface area contributed by atoms with Crippen LogP contribution in [0.5, 0.6) is 0 Å². The van der Waals surface area contributed by atoms with E-state index < -0.39 is 5.92 Å². The molecule has 0 radical (unpaired) electrons. The number of hydrogen-bond donors (Lipinski definition) is 2. The minimum absolute atomic E-state index is 0.0464. The minimum Gasteiger partial charge on any atom is -0.384 e. The van der Waals surface area contributed by atoms with Gasteiger partial charge in [0, 0.05) is 38.1 Å². The second kappa shape index (κ2) is 11.4. The van der Waals surface area contributed by atoms with Crippen LogP contribution in [0.15, 0.2) is 60.4 Å². The molecule has 2 N–H and O–H groups in total. The van der Waals surface area contributed by atoms with E-state index in [0.29, 0.717) is 45.1 Å². The molecule has 0 aromatic carbocycles. The zero-order valence-corrected chi connectivity index (χ0v) is 17.7. The standard InChI is InChI=1S/C25H30N2O4/c28-22(9-6-15-27-25(31)13-10-20-23(29)11-12-24(20)30)19-14-16-26-21(17-19)18-7-4-2-1-3-5-8-18/h1-5,7-8,14,16,19-21,26H,6,9-13,15,17H2,(H,27,31). The van der Waals surface area contributed by atoms with Gasteiger partial charge in [0.1, 0.15) is 17.3 Å². The zero-order chi connectivity index (χ0) is 22.1. The molecule has 6 heteroatoms. The molecular weight excluding hydrogens is 392 g/mol. The summed E-state index contributed by atoms with van der Waals surface area (Å²) < 4.78 is 0. The third-order valence-electron chi connectivity index (χ3n) is 5.93. The topological polar surface area (TPSA) is 92.3 Å². The predicted octanol–water partition coefficient (Wildman–Crippen LogP) is 2.88. The van der Waals surface area contributed by atoms with Crippen LogP contribution in [0.25, 0.3) is 0 Å². The van der Waals surface area contributed by atoms with Crippen molar-refractivity contribution in [3.8, 4) is 0 Å². The number of rotatable bonds is 9. The number of Topliss-reactive ketones (excluding diaryl/α,β-unsaturated/α-hetero) is 3. The Kier molecular flexibility index (Phi) is 8.33. The van der Waals surface area contributed by atoms with Crippen molar-refractivity contribution in [3.63, 3.8) is 0 Å². The first kappa shape index (κ1) is 22.7. The predicted molar refractivity (Wildman–Crippen MR) is 119 cm³/mol. The molecule has 1 aliphatic heterocycles. The van der Waals surface area contributed by atoms with Gasteiger partial charge in [-0.1, -0.05) is 48.6 Å². The lowest BCUT2D eigenvalue weighted by Gasteiger charge is -2.27. The Morgan fingerprint density at radius 2 is 1.74 bits per heavy atom. The van der Waals surface area contributed by atoms with Crippen LogP contribution in [0.2, 0.25) is 0 Å². The largest absolute Gasteiger partial charge is 0.384 e. The number of nitrogens with one attached hydrogen (secondary N) is 2. The molecule has 1 saturated carbocycles. The van der Waals surface area contributed by atoms with Crippen LogP contribution >= 0.6 is 0 Å². The van der Waals surface area contributed by atoms with Gasteiger partial charge in [-0.2, -0.15) is 0 Å². The molecule has 1 amide bonds. The van der Waals surface area contributed by atoms with Gasteiger partial charge in [-0.15, -0.1) is 0 Å². The Labute approximate surface area is 183 Å². The SMILES string of the molecule is O=C(CCC1C(=O)CCC1=O)NCCCC(=O)C1C=CNC(C2=CC=CC=CC=C2)C1. The van der Waals surface area contributed by atoms with Gasteiger partial charge < -0.3 is 10.6 Å². The van der Waals surface area contributed by atoms with E-state index >= 15 is 0 Å². The first-order valence-electron chi connectivity index (χ1n) is 11.0. The molecule has 31 heavy (non-hydrogen) atoms. The van der Waals surface area contributed by atoms with Crippen LogP contribution in [-0.2, 0) is 19.2 Å². The maximum Gasteiger partial charge on any atom is 0.220 e. The number of ketones is 3. The third-order valence-corrected chi connectivity index (χ3v) is 5.93. The van der Waals surface area contributed by atoms with Crippen molar-refractivity contribution < 1.29 is 19.2 Å². The summed E-state index contributed by atoms with van der Waals surface area (Å²) in [4.78, 5) is 47.9. The maximum absolute atomic E-state index is 12.6. The fourth-order valence-electron chi connectivity index (χ4n) is 4.11. The third kappa shape index (κ3) is 6.74. The second-order valence-electron chi connectivity index (χ2n) is 8.16. The molecular formula is C25H30N2O4. The van der Waals surface area contributed by atoms with E-state index in [0.717, 1.165) is 5.57 Å². The highest BCUT2D eigenvalue weighted by Gasteiger charge is 2.32. The van der Waals surface area contributed by atoms with Crippen molar-refractivity contribution in [3.05, 3.63) is 60.4 Å². The average molecular weight is 423 g/mol. The van der Waals surface area contributed by atoms with Gasteiger partial charge in [0.2, 0.25) is 5.91 Å². The van der Waals surface area contributed by atoms with Crippen molar-refractivity contribution in [1.82, 2.24) is 10.6 Å². The van der Waals surface area contributed by atoms with E-state index in [9.17, 15) is 19.2 Å². The van der Waals surface area contributed by atoms with Crippen LogP contribution in [0, 0.1) is 11.8 Å². The number of carbonyl (C=O) groups excluding carboxylic acids is 4. The summed E-state index contributed by atoms with van der Waals surface area (Å²) >= 11 is 0. The van der Waals surface area contributed by atoms with Crippen molar-refractivity contribution in [2.45, 2.75) is 51.0 Å². The van der Waals surface area contributed by atoms with E-state index in [-0.39, 0.29) is 41.6 Å². The van der Waals surface area contributed by atoms with Crippen LogP contribution in [0.1, 0.15) is 44.9 Å². The molecule has 0 aromatic heterocycles.